The maximum Gasteiger partial charge on any atom is 0.128 e. The molecule has 0 aromatic heterocycles. The van der Waals surface area contributed by atoms with Gasteiger partial charge in [0.05, 0.1) is 0 Å². The standard InChI is InChI=1S/C15H23F2NO/c1-4-15(5-2,10-19)9-18-11(3)13-8-12(16)6-7-14(13)17/h6-8,11,18-19H,4-5,9-10H2,1-3H3. The summed E-state index contributed by atoms with van der Waals surface area (Å²) in [6.07, 6.45) is 1.68. The van der Waals surface area contributed by atoms with Crippen molar-refractivity contribution in [3.8, 4) is 0 Å². The number of nitrogens with one attached hydrogen (secondary N) is 1. The maximum absolute atomic E-state index is 13.6. The third-order valence-electron chi connectivity index (χ3n) is 4.04. The van der Waals surface area contributed by atoms with Gasteiger partial charge in [-0.25, -0.2) is 8.78 Å². The second kappa shape index (κ2) is 6.96. The van der Waals surface area contributed by atoms with Gasteiger partial charge in [0.15, 0.2) is 0 Å². The van der Waals surface area contributed by atoms with Gasteiger partial charge in [0.1, 0.15) is 11.6 Å². The van der Waals surface area contributed by atoms with Gasteiger partial charge in [-0.1, -0.05) is 13.8 Å². The number of rotatable bonds is 7. The molecular formula is C15H23F2NO. The third kappa shape index (κ3) is 3.98. The number of halogens is 2. The molecule has 0 aliphatic carbocycles. The molecule has 0 heterocycles. The van der Waals surface area contributed by atoms with E-state index in [4.69, 9.17) is 0 Å². The second-order valence-electron chi connectivity index (χ2n) is 5.13. The van der Waals surface area contributed by atoms with Crippen LogP contribution in [0.25, 0.3) is 0 Å². The van der Waals surface area contributed by atoms with Gasteiger partial charge in [-0.3, -0.25) is 0 Å². The molecule has 2 N–H and O–H groups in total. The Hall–Kier alpha value is -1.00. The third-order valence-corrected chi connectivity index (χ3v) is 4.04. The van der Waals surface area contributed by atoms with Crippen molar-refractivity contribution in [2.24, 2.45) is 5.41 Å². The summed E-state index contributed by atoms with van der Waals surface area (Å²) in [4.78, 5) is 0. The summed E-state index contributed by atoms with van der Waals surface area (Å²) in [7, 11) is 0. The molecule has 108 valence electrons. The lowest BCUT2D eigenvalue weighted by Gasteiger charge is -2.31. The Kier molecular flexibility index (Phi) is 5.88. The summed E-state index contributed by atoms with van der Waals surface area (Å²) in [6, 6.07) is 3.18. The highest BCUT2D eigenvalue weighted by Gasteiger charge is 2.26. The van der Waals surface area contributed by atoms with Gasteiger partial charge in [0.25, 0.3) is 0 Å². The first-order valence-corrected chi connectivity index (χ1v) is 6.77. The van der Waals surface area contributed by atoms with Gasteiger partial charge in [-0.15, -0.1) is 0 Å². The lowest BCUT2D eigenvalue weighted by atomic mass is 9.83. The molecule has 1 rings (SSSR count). The fourth-order valence-corrected chi connectivity index (χ4v) is 2.11. The Morgan fingerprint density at radius 1 is 1.26 bits per heavy atom. The average molecular weight is 271 g/mol. The van der Waals surface area contributed by atoms with Crippen LogP contribution in [0.2, 0.25) is 0 Å². The SMILES string of the molecule is CCC(CC)(CO)CNC(C)c1cc(F)ccc1F. The van der Waals surface area contributed by atoms with E-state index in [1.54, 1.807) is 6.92 Å². The van der Waals surface area contributed by atoms with Crippen LogP contribution >= 0.6 is 0 Å². The molecule has 1 unspecified atom stereocenters. The van der Waals surface area contributed by atoms with E-state index in [0.29, 0.717) is 12.1 Å². The molecule has 2 nitrogen and oxygen atoms in total. The molecule has 0 amide bonds. The summed E-state index contributed by atoms with van der Waals surface area (Å²) >= 11 is 0. The minimum absolute atomic E-state index is 0.0886. The Bertz CT molecular complexity index is 397. The smallest absolute Gasteiger partial charge is 0.128 e. The van der Waals surface area contributed by atoms with Crippen molar-refractivity contribution < 1.29 is 13.9 Å². The first-order valence-electron chi connectivity index (χ1n) is 6.77. The Morgan fingerprint density at radius 2 is 1.89 bits per heavy atom. The zero-order valence-electron chi connectivity index (χ0n) is 11.8. The highest BCUT2D eigenvalue weighted by Crippen LogP contribution is 2.26. The molecule has 0 fully saturated rings. The van der Waals surface area contributed by atoms with Gasteiger partial charge >= 0.3 is 0 Å². The van der Waals surface area contributed by atoms with Crippen LogP contribution in [0.4, 0.5) is 8.78 Å². The van der Waals surface area contributed by atoms with E-state index in [1.807, 2.05) is 13.8 Å². The highest BCUT2D eigenvalue weighted by atomic mass is 19.1. The molecule has 19 heavy (non-hydrogen) atoms. The van der Waals surface area contributed by atoms with Crippen molar-refractivity contribution >= 4 is 0 Å². The van der Waals surface area contributed by atoms with Crippen LogP contribution in [0.5, 0.6) is 0 Å². The quantitative estimate of drug-likeness (QED) is 0.796. The molecule has 0 spiro atoms. The maximum atomic E-state index is 13.6. The molecule has 1 atom stereocenters. The molecule has 0 saturated carbocycles. The summed E-state index contributed by atoms with van der Waals surface area (Å²) in [5, 5.41) is 12.7. The van der Waals surface area contributed by atoms with Gasteiger partial charge < -0.3 is 10.4 Å². The molecule has 1 aromatic carbocycles. The molecule has 0 saturated heterocycles. The normalized spacial score (nSPS) is 13.6. The predicted octanol–water partition coefficient (Wildman–Crippen LogP) is 3.41. The number of hydrogen-bond acceptors (Lipinski definition) is 2. The molecule has 0 aliphatic heterocycles. The van der Waals surface area contributed by atoms with Crippen LogP contribution in [0.3, 0.4) is 0 Å². The first kappa shape index (κ1) is 16.1. The van der Waals surface area contributed by atoms with E-state index in [9.17, 15) is 13.9 Å². The molecular weight excluding hydrogens is 248 g/mol. The number of aliphatic hydroxyl groups is 1. The molecule has 0 radical (unpaired) electrons. The van der Waals surface area contributed by atoms with Crippen LogP contribution in [-0.4, -0.2) is 18.3 Å². The number of hydrogen-bond donors (Lipinski definition) is 2. The fourth-order valence-electron chi connectivity index (χ4n) is 2.11. The zero-order chi connectivity index (χ0) is 14.5. The van der Waals surface area contributed by atoms with Crippen molar-refractivity contribution in [2.45, 2.75) is 39.7 Å². The van der Waals surface area contributed by atoms with Gasteiger partial charge in [0.2, 0.25) is 0 Å². The van der Waals surface area contributed by atoms with Gasteiger partial charge in [-0.2, -0.15) is 0 Å². The van der Waals surface area contributed by atoms with Crippen LogP contribution in [0.15, 0.2) is 18.2 Å². The first-order chi connectivity index (χ1) is 8.98. The Labute approximate surface area is 113 Å². The van der Waals surface area contributed by atoms with Crippen molar-refractivity contribution in [2.75, 3.05) is 13.2 Å². The van der Waals surface area contributed by atoms with E-state index in [1.165, 1.54) is 6.07 Å². The van der Waals surface area contributed by atoms with Gasteiger partial charge in [0, 0.05) is 30.2 Å². The van der Waals surface area contributed by atoms with Crippen molar-refractivity contribution in [3.05, 3.63) is 35.4 Å². The largest absolute Gasteiger partial charge is 0.396 e. The fraction of sp³-hybridized carbons (Fsp3) is 0.600. The minimum atomic E-state index is -0.440. The second-order valence-corrected chi connectivity index (χ2v) is 5.13. The Balaban J connectivity index is 2.74. The average Bonchev–Trinajstić information content (AvgIpc) is 2.43. The van der Waals surface area contributed by atoms with Crippen LogP contribution in [0, 0.1) is 17.0 Å². The van der Waals surface area contributed by atoms with Crippen molar-refractivity contribution in [3.63, 3.8) is 0 Å². The summed E-state index contributed by atoms with van der Waals surface area (Å²) in [6.45, 7) is 6.51. The lowest BCUT2D eigenvalue weighted by molar-refractivity contribution is 0.110. The van der Waals surface area contributed by atoms with E-state index >= 15 is 0 Å². The molecule has 4 heteroatoms. The minimum Gasteiger partial charge on any atom is -0.396 e. The Morgan fingerprint density at radius 3 is 2.42 bits per heavy atom. The van der Waals surface area contributed by atoms with E-state index in [2.05, 4.69) is 5.32 Å². The van der Waals surface area contributed by atoms with E-state index in [0.717, 1.165) is 25.0 Å². The van der Waals surface area contributed by atoms with Crippen LogP contribution in [0.1, 0.15) is 45.2 Å². The molecule has 0 bridgehead atoms. The number of benzene rings is 1. The van der Waals surface area contributed by atoms with Crippen molar-refractivity contribution in [1.82, 2.24) is 5.32 Å². The highest BCUT2D eigenvalue weighted by molar-refractivity contribution is 5.21. The van der Waals surface area contributed by atoms with Crippen molar-refractivity contribution in [1.29, 1.82) is 0 Å². The topological polar surface area (TPSA) is 32.3 Å². The zero-order valence-corrected chi connectivity index (χ0v) is 11.8. The molecule has 1 aromatic rings. The van der Waals surface area contributed by atoms with Crippen LogP contribution < -0.4 is 5.32 Å². The summed E-state index contributed by atoms with van der Waals surface area (Å²) in [5.41, 5.74) is 0.122. The van der Waals surface area contributed by atoms with E-state index < -0.39 is 11.6 Å². The molecule has 0 aliphatic rings. The monoisotopic (exact) mass is 271 g/mol. The predicted molar refractivity (Wildman–Crippen MR) is 72.9 cm³/mol. The van der Waals surface area contributed by atoms with Crippen LogP contribution in [-0.2, 0) is 0 Å². The lowest BCUT2D eigenvalue weighted by Crippen LogP contribution is -2.37. The van der Waals surface area contributed by atoms with Gasteiger partial charge in [-0.05, 0) is 38.0 Å². The summed E-state index contributed by atoms with van der Waals surface area (Å²) in [5.74, 6) is -0.853. The number of aliphatic hydroxyl groups excluding tert-OH is 1. The summed E-state index contributed by atoms with van der Waals surface area (Å²) < 4.78 is 26.8. The van der Waals surface area contributed by atoms with E-state index in [-0.39, 0.29) is 18.1 Å².